The van der Waals surface area contributed by atoms with E-state index in [1.807, 2.05) is 36.4 Å². The highest BCUT2D eigenvalue weighted by molar-refractivity contribution is 8.01. The van der Waals surface area contributed by atoms with Crippen LogP contribution < -0.4 is 0 Å². The third-order valence-corrected chi connectivity index (χ3v) is 6.12. The van der Waals surface area contributed by atoms with Crippen molar-refractivity contribution in [3.05, 3.63) is 71.8 Å². The van der Waals surface area contributed by atoms with Gasteiger partial charge < -0.3 is 9.84 Å². The molecule has 5 heteroatoms. The first-order chi connectivity index (χ1) is 12.1. The number of carbonyl (C=O) groups excluding carboxylic acids is 1. The topological polar surface area (TPSA) is 70.3 Å². The van der Waals surface area contributed by atoms with Crippen molar-refractivity contribution < 1.29 is 14.6 Å². The lowest BCUT2D eigenvalue weighted by molar-refractivity contribution is -0.148. The third kappa shape index (κ3) is 3.04. The predicted molar refractivity (Wildman–Crippen MR) is 96.6 cm³/mol. The Morgan fingerprint density at radius 3 is 2.36 bits per heavy atom. The van der Waals surface area contributed by atoms with Crippen LogP contribution in [0.4, 0.5) is 0 Å². The van der Waals surface area contributed by atoms with Gasteiger partial charge >= 0.3 is 5.97 Å². The van der Waals surface area contributed by atoms with Gasteiger partial charge in [0.1, 0.15) is 10.9 Å². The smallest absolute Gasteiger partial charge is 0.322 e. The second-order valence-electron chi connectivity index (χ2n) is 5.90. The van der Waals surface area contributed by atoms with Crippen molar-refractivity contribution in [2.24, 2.45) is 5.92 Å². The molecule has 0 bridgehead atoms. The average Bonchev–Trinajstić information content (AvgIpc) is 2.97. The van der Waals surface area contributed by atoms with Gasteiger partial charge in [-0.15, -0.1) is 11.8 Å². The maximum absolute atomic E-state index is 12.6. The van der Waals surface area contributed by atoms with Gasteiger partial charge in [0.05, 0.1) is 18.6 Å². The zero-order valence-electron chi connectivity index (χ0n) is 13.8. The number of carbonyl (C=O) groups is 1. The molecule has 25 heavy (non-hydrogen) atoms. The number of aliphatic hydroxyl groups is 1. The van der Waals surface area contributed by atoms with Gasteiger partial charge in [-0.05, 0) is 18.1 Å². The van der Waals surface area contributed by atoms with Crippen LogP contribution in [-0.2, 0) is 15.1 Å². The molecule has 1 aliphatic heterocycles. The minimum Gasteiger partial charge on any atom is -0.465 e. The maximum atomic E-state index is 12.6. The number of esters is 1. The summed E-state index contributed by atoms with van der Waals surface area (Å²) in [5.41, 5.74) is -0.126. The first kappa shape index (κ1) is 17.5. The molecule has 1 saturated heterocycles. The largest absolute Gasteiger partial charge is 0.465 e. The molecule has 1 heterocycles. The standard InChI is InChI=1S/C20H19NO3S/c1-2-24-19(22)18-20(23,15-11-7-4-8-12-15)16(13-21)17(25-18)14-9-5-3-6-10-14/h3-12,16-18,23H,2H2,1H3/t16-,17+,18-,20-/m0/s1. The van der Waals surface area contributed by atoms with Crippen LogP contribution in [0.15, 0.2) is 60.7 Å². The number of rotatable bonds is 4. The van der Waals surface area contributed by atoms with E-state index in [-0.39, 0.29) is 11.9 Å². The van der Waals surface area contributed by atoms with Crippen LogP contribution in [0.2, 0.25) is 0 Å². The number of nitrogens with zero attached hydrogens (tertiary/aromatic N) is 1. The van der Waals surface area contributed by atoms with Crippen molar-refractivity contribution >= 4 is 17.7 Å². The summed E-state index contributed by atoms with van der Waals surface area (Å²) in [5.74, 6) is -1.26. The lowest BCUT2D eigenvalue weighted by Gasteiger charge is -2.31. The summed E-state index contributed by atoms with van der Waals surface area (Å²) < 4.78 is 5.19. The SMILES string of the molecule is CCOC(=O)[C@@H]1S[C@H](c2ccccc2)[C@H](C#N)[C@@]1(O)c1ccccc1. The van der Waals surface area contributed by atoms with Gasteiger partial charge in [0.25, 0.3) is 0 Å². The highest BCUT2D eigenvalue weighted by Crippen LogP contribution is 2.58. The van der Waals surface area contributed by atoms with E-state index in [1.54, 1.807) is 31.2 Å². The Morgan fingerprint density at radius 1 is 1.20 bits per heavy atom. The molecule has 0 spiro atoms. The first-order valence-electron chi connectivity index (χ1n) is 8.17. The molecule has 4 nitrogen and oxygen atoms in total. The van der Waals surface area contributed by atoms with Crippen molar-refractivity contribution in [2.45, 2.75) is 23.0 Å². The Bertz CT molecular complexity index is 775. The van der Waals surface area contributed by atoms with E-state index in [2.05, 4.69) is 6.07 Å². The monoisotopic (exact) mass is 353 g/mol. The van der Waals surface area contributed by atoms with Crippen molar-refractivity contribution in [3.63, 3.8) is 0 Å². The lowest BCUT2D eigenvalue weighted by Crippen LogP contribution is -2.44. The first-order valence-corrected chi connectivity index (χ1v) is 9.11. The predicted octanol–water partition coefficient (Wildman–Crippen LogP) is 3.43. The Hall–Kier alpha value is -2.29. The summed E-state index contributed by atoms with van der Waals surface area (Å²) in [6.07, 6.45) is 0. The van der Waals surface area contributed by atoms with Crippen LogP contribution in [-0.4, -0.2) is 22.9 Å². The highest BCUT2D eigenvalue weighted by atomic mass is 32.2. The molecule has 0 aliphatic carbocycles. The molecule has 4 atom stereocenters. The molecule has 2 aromatic carbocycles. The van der Waals surface area contributed by atoms with Gasteiger partial charge in [0.15, 0.2) is 0 Å². The fourth-order valence-corrected chi connectivity index (χ4v) is 4.99. The molecule has 1 aliphatic rings. The number of ether oxygens (including phenoxy) is 1. The van der Waals surface area contributed by atoms with Crippen LogP contribution in [0, 0.1) is 17.2 Å². The summed E-state index contributed by atoms with van der Waals surface area (Å²) in [4.78, 5) is 12.6. The van der Waals surface area contributed by atoms with Gasteiger partial charge in [0, 0.05) is 5.25 Å². The van der Waals surface area contributed by atoms with Crippen LogP contribution in [0.25, 0.3) is 0 Å². The van der Waals surface area contributed by atoms with Crippen molar-refractivity contribution in [2.75, 3.05) is 6.61 Å². The molecule has 1 fully saturated rings. The zero-order valence-corrected chi connectivity index (χ0v) is 14.6. The summed E-state index contributed by atoms with van der Waals surface area (Å²) in [6.45, 7) is 1.96. The van der Waals surface area contributed by atoms with Gasteiger partial charge in [-0.25, -0.2) is 0 Å². The number of benzene rings is 2. The van der Waals surface area contributed by atoms with E-state index in [9.17, 15) is 15.2 Å². The Labute approximate surface area is 151 Å². The Balaban J connectivity index is 2.10. The summed E-state index contributed by atoms with van der Waals surface area (Å²) in [5, 5.41) is 20.2. The van der Waals surface area contributed by atoms with E-state index in [0.29, 0.717) is 5.56 Å². The van der Waals surface area contributed by atoms with Crippen molar-refractivity contribution in [1.82, 2.24) is 0 Å². The van der Waals surface area contributed by atoms with Gasteiger partial charge in [-0.3, -0.25) is 4.79 Å². The zero-order chi connectivity index (χ0) is 17.9. The van der Waals surface area contributed by atoms with Crippen molar-refractivity contribution in [1.29, 1.82) is 5.26 Å². The van der Waals surface area contributed by atoms with E-state index >= 15 is 0 Å². The molecule has 3 rings (SSSR count). The second-order valence-corrected chi connectivity index (χ2v) is 7.15. The highest BCUT2D eigenvalue weighted by Gasteiger charge is 2.60. The Kier molecular flexibility index (Phi) is 5.12. The maximum Gasteiger partial charge on any atom is 0.322 e. The fraction of sp³-hybridized carbons (Fsp3) is 0.300. The summed E-state index contributed by atoms with van der Waals surface area (Å²) in [7, 11) is 0. The quantitative estimate of drug-likeness (QED) is 0.853. The molecule has 0 amide bonds. The number of hydrogen-bond donors (Lipinski definition) is 1. The summed E-state index contributed by atoms with van der Waals surface area (Å²) in [6, 6.07) is 20.7. The molecule has 2 aromatic rings. The van der Waals surface area contributed by atoms with E-state index in [0.717, 1.165) is 5.56 Å². The average molecular weight is 353 g/mol. The van der Waals surface area contributed by atoms with Gasteiger partial charge in [-0.2, -0.15) is 5.26 Å². The minimum absolute atomic E-state index is 0.230. The van der Waals surface area contributed by atoms with Crippen LogP contribution in [0.1, 0.15) is 23.3 Å². The van der Waals surface area contributed by atoms with Gasteiger partial charge in [0.2, 0.25) is 0 Å². The number of hydrogen-bond acceptors (Lipinski definition) is 5. The molecular weight excluding hydrogens is 334 g/mol. The third-order valence-electron chi connectivity index (χ3n) is 4.46. The van der Waals surface area contributed by atoms with E-state index in [4.69, 9.17) is 4.74 Å². The number of thioether (sulfide) groups is 1. The molecule has 0 radical (unpaired) electrons. The van der Waals surface area contributed by atoms with E-state index in [1.165, 1.54) is 11.8 Å². The second kappa shape index (κ2) is 7.30. The summed E-state index contributed by atoms with van der Waals surface area (Å²) >= 11 is 1.30. The number of nitriles is 1. The molecular formula is C20H19NO3S. The normalized spacial score (nSPS) is 28.3. The van der Waals surface area contributed by atoms with Crippen molar-refractivity contribution in [3.8, 4) is 6.07 Å². The minimum atomic E-state index is -1.60. The fourth-order valence-electron chi connectivity index (χ4n) is 3.29. The molecule has 0 unspecified atom stereocenters. The van der Waals surface area contributed by atoms with Crippen LogP contribution >= 0.6 is 11.8 Å². The molecule has 1 N–H and O–H groups in total. The molecule has 0 aromatic heterocycles. The van der Waals surface area contributed by atoms with Gasteiger partial charge in [-0.1, -0.05) is 60.7 Å². The van der Waals surface area contributed by atoms with Crippen LogP contribution in [0.3, 0.4) is 0 Å². The lowest BCUT2D eigenvalue weighted by atomic mass is 9.76. The van der Waals surface area contributed by atoms with E-state index < -0.39 is 22.7 Å². The molecule has 128 valence electrons. The molecule has 0 saturated carbocycles. The van der Waals surface area contributed by atoms with Crippen LogP contribution in [0.5, 0.6) is 0 Å². The Morgan fingerprint density at radius 2 is 1.80 bits per heavy atom.